The normalized spacial score (nSPS) is 11.4. The average Bonchev–Trinajstić information content (AvgIpc) is 2.44. The Morgan fingerprint density at radius 2 is 2.04 bits per heavy atom. The average molecular weight is 316 g/mol. The number of nitrogens with one attached hydrogen (secondary N) is 1. The lowest BCUT2D eigenvalue weighted by molar-refractivity contribution is -0.122. The Labute approximate surface area is 136 Å². The van der Waals surface area contributed by atoms with Crippen LogP contribution < -0.4 is 10.9 Å². The van der Waals surface area contributed by atoms with Crippen LogP contribution in [0, 0.1) is 6.92 Å². The molecule has 0 bridgehead atoms. The molecule has 1 N–H and O–H groups in total. The van der Waals surface area contributed by atoms with Crippen molar-refractivity contribution in [3.8, 4) is 0 Å². The van der Waals surface area contributed by atoms with Gasteiger partial charge in [-0.2, -0.15) is 0 Å². The first-order valence-corrected chi connectivity index (χ1v) is 7.94. The Morgan fingerprint density at radius 1 is 1.30 bits per heavy atom. The second-order valence-corrected chi connectivity index (χ2v) is 6.12. The second kappa shape index (κ2) is 7.42. The maximum atomic E-state index is 12.0. The van der Waals surface area contributed by atoms with Gasteiger partial charge in [0.15, 0.2) is 0 Å². The highest BCUT2D eigenvalue weighted by atomic mass is 16.4. The molecule has 1 aromatic carbocycles. The van der Waals surface area contributed by atoms with E-state index < -0.39 is 0 Å². The molecule has 1 aromatic heterocycles. The summed E-state index contributed by atoms with van der Waals surface area (Å²) >= 11 is 0. The van der Waals surface area contributed by atoms with E-state index in [0.29, 0.717) is 18.7 Å². The molecule has 0 radical (unpaired) electrons. The molecule has 0 unspecified atom stereocenters. The van der Waals surface area contributed by atoms with Crippen LogP contribution in [0.3, 0.4) is 0 Å². The Bertz CT molecular complexity index is 750. The largest absolute Gasteiger partial charge is 0.423 e. The standard InChI is InChI=1S/C18H24N2O3/c1-5-20(11-17(21)19-12(2)3)10-14-9-18(22)23-16-8-13(4)6-7-15(14)16/h6-9,12H,5,10-11H2,1-4H3,(H,19,21). The zero-order chi connectivity index (χ0) is 17.0. The molecule has 1 amide bonds. The smallest absolute Gasteiger partial charge is 0.336 e. The van der Waals surface area contributed by atoms with Crippen LogP contribution in [0.15, 0.2) is 33.5 Å². The summed E-state index contributed by atoms with van der Waals surface area (Å²) < 4.78 is 5.28. The summed E-state index contributed by atoms with van der Waals surface area (Å²) in [6.07, 6.45) is 0. The summed E-state index contributed by atoms with van der Waals surface area (Å²) in [5, 5.41) is 3.80. The number of nitrogens with zero attached hydrogens (tertiary/aromatic N) is 1. The van der Waals surface area contributed by atoms with Gasteiger partial charge in [0.05, 0.1) is 6.54 Å². The molecular formula is C18H24N2O3. The summed E-state index contributed by atoms with van der Waals surface area (Å²) in [6, 6.07) is 7.45. The molecular weight excluding hydrogens is 292 g/mol. The Hall–Kier alpha value is -2.14. The van der Waals surface area contributed by atoms with Crippen LogP contribution in [0.5, 0.6) is 0 Å². The summed E-state index contributed by atoms with van der Waals surface area (Å²) in [6.45, 7) is 9.40. The number of rotatable bonds is 6. The van der Waals surface area contributed by atoms with Crippen molar-refractivity contribution >= 4 is 16.9 Å². The maximum absolute atomic E-state index is 12.0. The van der Waals surface area contributed by atoms with E-state index in [2.05, 4.69) is 5.32 Å². The molecule has 5 nitrogen and oxygen atoms in total. The highest BCUT2D eigenvalue weighted by Crippen LogP contribution is 2.19. The van der Waals surface area contributed by atoms with E-state index in [-0.39, 0.29) is 17.6 Å². The maximum Gasteiger partial charge on any atom is 0.336 e. The van der Waals surface area contributed by atoms with E-state index in [1.807, 2.05) is 50.8 Å². The fourth-order valence-corrected chi connectivity index (χ4v) is 2.56. The van der Waals surface area contributed by atoms with Gasteiger partial charge in [-0.15, -0.1) is 0 Å². The SMILES string of the molecule is CCN(CC(=O)NC(C)C)Cc1cc(=O)oc2cc(C)ccc12. The minimum atomic E-state index is -0.360. The molecule has 2 rings (SSSR count). The van der Waals surface area contributed by atoms with Crippen LogP contribution in [-0.4, -0.2) is 29.9 Å². The number of fused-ring (bicyclic) bond motifs is 1. The topological polar surface area (TPSA) is 62.6 Å². The molecule has 0 fully saturated rings. The van der Waals surface area contributed by atoms with Gasteiger partial charge in [0.25, 0.3) is 0 Å². The summed E-state index contributed by atoms with van der Waals surface area (Å²) in [7, 11) is 0. The molecule has 124 valence electrons. The number of aryl methyl sites for hydroxylation is 1. The molecule has 23 heavy (non-hydrogen) atoms. The number of hydrogen-bond acceptors (Lipinski definition) is 4. The second-order valence-electron chi connectivity index (χ2n) is 6.12. The lowest BCUT2D eigenvalue weighted by atomic mass is 10.1. The first kappa shape index (κ1) is 17.2. The molecule has 2 aromatic rings. The summed E-state index contributed by atoms with van der Waals surface area (Å²) in [4.78, 5) is 25.7. The van der Waals surface area contributed by atoms with E-state index in [1.54, 1.807) is 0 Å². The van der Waals surface area contributed by atoms with Gasteiger partial charge in [-0.05, 0) is 44.5 Å². The van der Waals surface area contributed by atoms with Crippen LogP contribution >= 0.6 is 0 Å². The highest BCUT2D eigenvalue weighted by Gasteiger charge is 2.13. The predicted octanol–water partition coefficient (Wildman–Crippen LogP) is 2.45. The third kappa shape index (κ3) is 4.66. The van der Waals surface area contributed by atoms with Gasteiger partial charge in [-0.3, -0.25) is 9.69 Å². The number of likely N-dealkylation sites (N-methyl/N-ethyl adjacent to an activating group) is 1. The molecule has 0 saturated carbocycles. The van der Waals surface area contributed by atoms with E-state index in [1.165, 1.54) is 6.07 Å². The third-order valence-electron chi connectivity index (χ3n) is 3.64. The number of carbonyl (C=O) groups is 1. The third-order valence-corrected chi connectivity index (χ3v) is 3.64. The van der Waals surface area contributed by atoms with E-state index in [4.69, 9.17) is 4.42 Å². The van der Waals surface area contributed by atoms with Gasteiger partial charge in [-0.25, -0.2) is 4.79 Å². The fraction of sp³-hybridized carbons (Fsp3) is 0.444. The first-order valence-electron chi connectivity index (χ1n) is 7.94. The van der Waals surface area contributed by atoms with Gasteiger partial charge < -0.3 is 9.73 Å². The van der Waals surface area contributed by atoms with Crippen molar-refractivity contribution in [3.63, 3.8) is 0 Å². The highest BCUT2D eigenvalue weighted by molar-refractivity contribution is 5.81. The number of amides is 1. The monoisotopic (exact) mass is 316 g/mol. The van der Waals surface area contributed by atoms with Crippen molar-refractivity contribution in [2.24, 2.45) is 0 Å². The number of carbonyl (C=O) groups excluding carboxylic acids is 1. The number of hydrogen-bond donors (Lipinski definition) is 1. The van der Waals surface area contributed by atoms with Gasteiger partial charge in [-0.1, -0.05) is 19.1 Å². The first-order chi connectivity index (χ1) is 10.9. The molecule has 5 heteroatoms. The number of benzene rings is 1. The van der Waals surface area contributed by atoms with Crippen LogP contribution in [-0.2, 0) is 11.3 Å². The van der Waals surface area contributed by atoms with E-state index >= 15 is 0 Å². The van der Waals surface area contributed by atoms with Crippen molar-refractivity contribution in [1.82, 2.24) is 10.2 Å². The van der Waals surface area contributed by atoms with Crippen LogP contribution in [0.25, 0.3) is 11.0 Å². The molecule has 0 atom stereocenters. The zero-order valence-corrected chi connectivity index (χ0v) is 14.2. The van der Waals surface area contributed by atoms with Crippen molar-refractivity contribution < 1.29 is 9.21 Å². The van der Waals surface area contributed by atoms with Crippen LogP contribution in [0.4, 0.5) is 0 Å². The van der Waals surface area contributed by atoms with Gasteiger partial charge in [0.1, 0.15) is 5.58 Å². The van der Waals surface area contributed by atoms with E-state index in [9.17, 15) is 9.59 Å². The quantitative estimate of drug-likeness (QED) is 0.832. The lowest BCUT2D eigenvalue weighted by Crippen LogP contribution is -2.39. The molecule has 0 aliphatic rings. The molecule has 0 spiro atoms. The molecule has 0 aliphatic carbocycles. The predicted molar refractivity (Wildman–Crippen MR) is 91.5 cm³/mol. The van der Waals surface area contributed by atoms with Crippen molar-refractivity contribution in [1.29, 1.82) is 0 Å². The molecule has 1 heterocycles. The van der Waals surface area contributed by atoms with E-state index in [0.717, 1.165) is 23.1 Å². The Balaban J connectivity index is 2.25. The minimum absolute atomic E-state index is 0.00929. The van der Waals surface area contributed by atoms with Crippen LogP contribution in [0.1, 0.15) is 31.9 Å². The van der Waals surface area contributed by atoms with Crippen molar-refractivity contribution in [3.05, 3.63) is 45.8 Å². The van der Waals surface area contributed by atoms with Gasteiger partial charge in [0, 0.05) is 24.0 Å². The zero-order valence-electron chi connectivity index (χ0n) is 14.2. The van der Waals surface area contributed by atoms with Crippen molar-refractivity contribution in [2.75, 3.05) is 13.1 Å². The van der Waals surface area contributed by atoms with Crippen molar-refractivity contribution in [2.45, 2.75) is 40.3 Å². The van der Waals surface area contributed by atoms with Crippen LogP contribution in [0.2, 0.25) is 0 Å². The minimum Gasteiger partial charge on any atom is -0.423 e. The lowest BCUT2D eigenvalue weighted by Gasteiger charge is -2.21. The van der Waals surface area contributed by atoms with Gasteiger partial charge >= 0.3 is 5.63 Å². The van der Waals surface area contributed by atoms with Gasteiger partial charge in [0.2, 0.25) is 5.91 Å². The molecule has 0 saturated heterocycles. The Kier molecular flexibility index (Phi) is 5.55. The summed E-state index contributed by atoms with van der Waals surface area (Å²) in [5.74, 6) is -0.00929. The Morgan fingerprint density at radius 3 is 2.70 bits per heavy atom. The fourth-order valence-electron chi connectivity index (χ4n) is 2.56. The summed E-state index contributed by atoms with van der Waals surface area (Å²) in [5.41, 5.74) is 2.16. The molecule has 0 aliphatic heterocycles.